The van der Waals surface area contributed by atoms with Crippen molar-refractivity contribution >= 4 is 5.97 Å². The van der Waals surface area contributed by atoms with Crippen LogP contribution in [0.25, 0.3) is 0 Å². The molecule has 1 aliphatic heterocycles. The molecule has 162 valence electrons. The summed E-state index contributed by atoms with van der Waals surface area (Å²) < 4.78 is 8.34. The molecule has 2 aromatic rings. The van der Waals surface area contributed by atoms with Crippen LogP contribution < -0.4 is 0 Å². The predicted octanol–water partition coefficient (Wildman–Crippen LogP) is 4.32. The highest BCUT2D eigenvalue weighted by molar-refractivity contribution is 5.89. The molecule has 0 radical (unpaired) electrons. The van der Waals surface area contributed by atoms with Crippen molar-refractivity contribution in [1.29, 1.82) is 0 Å². The van der Waals surface area contributed by atoms with Gasteiger partial charge in [-0.05, 0) is 31.5 Å². The second-order valence-corrected chi connectivity index (χ2v) is 10.9. The quantitative estimate of drug-likeness (QED) is 0.542. The van der Waals surface area contributed by atoms with Gasteiger partial charge in [-0.2, -0.15) is 0 Å². The van der Waals surface area contributed by atoms with E-state index in [1.807, 2.05) is 36.4 Å². The molecule has 0 spiro atoms. The molecule has 4 heteroatoms. The van der Waals surface area contributed by atoms with Crippen molar-refractivity contribution in [2.45, 2.75) is 31.9 Å². The van der Waals surface area contributed by atoms with Crippen LogP contribution in [0.2, 0.25) is 0 Å². The van der Waals surface area contributed by atoms with Gasteiger partial charge in [-0.25, -0.2) is 4.79 Å². The van der Waals surface area contributed by atoms with Crippen LogP contribution in [0.15, 0.2) is 60.7 Å². The molecular formula is C26H38N2O2+2. The summed E-state index contributed by atoms with van der Waals surface area (Å²) >= 11 is 0. The zero-order valence-corrected chi connectivity index (χ0v) is 19.7. The fraction of sp³-hybridized carbons (Fsp3) is 0.500. The number of rotatable bonds is 5. The van der Waals surface area contributed by atoms with Crippen LogP contribution in [-0.4, -0.2) is 69.3 Å². The highest BCUT2D eigenvalue weighted by Gasteiger charge is 2.63. The van der Waals surface area contributed by atoms with Crippen molar-refractivity contribution in [1.82, 2.24) is 0 Å². The van der Waals surface area contributed by atoms with Gasteiger partial charge < -0.3 is 13.7 Å². The summed E-state index contributed by atoms with van der Waals surface area (Å²) in [4.78, 5) is 13.4. The number of ether oxygens (including phenoxy) is 1. The molecule has 1 fully saturated rings. The molecule has 1 heterocycles. The van der Waals surface area contributed by atoms with Crippen molar-refractivity contribution in [3.05, 3.63) is 71.8 Å². The number of hydrogen-bond donors (Lipinski definition) is 0. The van der Waals surface area contributed by atoms with Gasteiger partial charge >= 0.3 is 5.97 Å². The minimum absolute atomic E-state index is 0.243. The number of benzene rings is 2. The topological polar surface area (TPSA) is 26.3 Å². The van der Waals surface area contributed by atoms with E-state index in [0.717, 1.165) is 34.0 Å². The lowest BCUT2D eigenvalue weighted by atomic mass is 9.62. The molecule has 0 bridgehead atoms. The lowest BCUT2D eigenvalue weighted by Crippen LogP contribution is -2.70. The number of hydrogen-bond acceptors (Lipinski definition) is 2. The summed E-state index contributed by atoms with van der Waals surface area (Å²) in [7, 11) is 11.3. The second-order valence-electron chi connectivity index (χ2n) is 10.9. The van der Waals surface area contributed by atoms with Crippen LogP contribution in [0.1, 0.15) is 36.2 Å². The molecule has 30 heavy (non-hydrogen) atoms. The van der Waals surface area contributed by atoms with Crippen LogP contribution in [0.5, 0.6) is 0 Å². The molecule has 0 N–H and O–H groups in total. The Kier molecular flexibility index (Phi) is 5.87. The highest BCUT2D eigenvalue weighted by Crippen LogP contribution is 2.53. The summed E-state index contributed by atoms with van der Waals surface area (Å²) in [5.41, 5.74) is 0.761. The molecule has 2 aromatic carbocycles. The Morgan fingerprint density at radius 2 is 1.57 bits per heavy atom. The monoisotopic (exact) mass is 410 g/mol. The third-order valence-electron chi connectivity index (χ3n) is 6.85. The predicted molar refractivity (Wildman–Crippen MR) is 122 cm³/mol. The van der Waals surface area contributed by atoms with Gasteiger partial charge in [0.2, 0.25) is 0 Å². The van der Waals surface area contributed by atoms with Crippen LogP contribution in [0, 0.1) is 5.41 Å². The van der Waals surface area contributed by atoms with Gasteiger partial charge in [-0.3, -0.25) is 0 Å². The first-order chi connectivity index (χ1) is 13.9. The zero-order chi connectivity index (χ0) is 22.2. The van der Waals surface area contributed by atoms with Gasteiger partial charge in [0.05, 0.1) is 59.9 Å². The molecule has 3 atom stereocenters. The van der Waals surface area contributed by atoms with Gasteiger partial charge in [-0.1, -0.05) is 48.5 Å². The van der Waals surface area contributed by atoms with E-state index in [1.165, 1.54) is 0 Å². The van der Waals surface area contributed by atoms with Gasteiger partial charge in [-0.15, -0.1) is 0 Å². The number of carbonyl (C=O) groups excluding carboxylic acids is 1. The minimum Gasteiger partial charge on any atom is -0.449 e. The van der Waals surface area contributed by atoms with E-state index in [-0.39, 0.29) is 11.4 Å². The molecule has 1 aliphatic rings. The molecule has 3 unspecified atom stereocenters. The Morgan fingerprint density at radius 3 is 2.10 bits per heavy atom. The molecule has 3 rings (SSSR count). The zero-order valence-electron chi connectivity index (χ0n) is 19.7. The van der Waals surface area contributed by atoms with Crippen molar-refractivity contribution in [3.8, 4) is 0 Å². The van der Waals surface area contributed by atoms with E-state index in [4.69, 9.17) is 4.74 Å². The van der Waals surface area contributed by atoms with Crippen molar-refractivity contribution in [3.63, 3.8) is 0 Å². The third kappa shape index (κ3) is 4.30. The highest BCUT2D eigenvalue weighted by atomic mass is 16.6. The average molecular weight is 411 g/mol. The Morgan fingerprint density at radius 1 is 1.03 bits per heavy atom. The van der Waals surface area contributed by atoms with Gasteiger partial charge in [0.25, 0.3) is 0 Å². The van der Waals surface area contributed by atoms with Crippen LogP contribution >= 0.6 is 0 Å². The fourth-order valence-corrected chi connectivity index (χ4v) is 5.51. The smallest absolute Gasteiger partial charge is 0.339 e. The summed E-state index contributed by atoms with van der Waals surface area (Å²) in [6.45, 7) is 6.42. The first-order valence-electron chi connectivity index (χ1n) is 10.9. The largest absolute Gasteiger partial charge is 0.449 e. The first-order valence-corrected chi connectivity index (χ1v) is 10.9. The molecule has 0 saturated carbocycles. The number of piperidine rings is 1. The molecule has 4 nitrogen and oxygen atoms in total. The van der Waals surface area contributed by atoms with Crippen molar-refractivity contribution in [2.24, 2.45) is 5.41 Å². The minimum atomic E-state index is -0.695. The molecule has 1 saturated heterocycles. The van der Waals surface area contributed by atoms with E-state index in [9.17, 15) is 4.79 Å². The average Bonchev–Trinajstić information content (AvgIpc) is 2.65. The standard InChI is InChI=1S/C26H38N2O2/c1-21-18-26(23-16-12-9-13-17-23,30-24(29)22-14-10-8-11-15-22)25(2,19-27(3,4)5)20-28(21,6)7/h8-17,21H,18-20H2,1-7H3/q+2. The van der Waals surface area contributed by atoms with Crippen LogP contribution in [-0.2, 0) is 10.3 Å². The van der Waals surface area contributed by atoms with E-state index in [1.54, 1.807) is 0 Å². The Labute approximate surface area is 182 Å². The number of nitrogens with zero attached hydrogens (tertiary/aromatic N) is 2. The maximum Gasteiger partial charge on any atom is 0.339 e. The summed E-state index contributed by atoms with van der Waals surface area (Å²) in [5, 5.41) is 0. The molecule has 0 aromatic heterocycles. The van der Waals surface area contributed by atoms with E-state index >= 15 is 0 Å². The lowest BCUT2D eigenvalue weighted by Gasteiger charge is -2.58. The Hall–Kier alpha value is -2.17. The van der Waals surface area contributed by atoms with E-state index < -0.39 is 5.60 Å². The Balaban J connectivity index is 2.18. The van der Waals surface area contributed by atoms with E-state index in [2.05, 4.69) is 73.4 Å². The molecular weight excluding hydrogens is 372 g/mol. The van der Waals surface area contributed by atoms with Gasteiger partial charge in [0, 0.05) is 6.42 Å². The van der Waals surface area contributed by atoms with Crippen molar-refractivity contribution < 1.29 is 18.5 Å². The Bertz CT molecular complexity index is 873. The maximum absolute atomic E-state index is 13.4. The maximum atomic E-state index is 13.4. The normalized spacial score (nSPS) is 28.7. The second kappa shape index (κ2) is 7.82. The first kappa shape index (κ1) is 22.5. The number of carbonyl (C=O) groups is 1. The number of likely N-dealkylation sites (tertiary alicyclic amines) is 1. The number of esters is 1. The van der Waals surface area contributed by atoms with E-state index in [0.29, 0.717) is 11.6 Å². The van der Waals surface area contributed by atoms with Crippen molar-refractivity contribution in [2.75, 3.05) is 48.3 Å². The summed E-state index contributed by atoms with van der Waals surface area (Å²) in [6.07, 6.45) is 0.791. The summed E-state index contributed by atoms with van der Waals surface area (Å²) in [5.74, 6) is -0.244. The third-order valence-corrected chi connectivity index (χ3v) is 6.85. The number of quaternary nitrogens is 2. The lowest BCUT2D eigenvalue weighted by molar-refractivity contribution is -0.941. The van der Waals surface area contributed by atoms with Crippen LogP contribution in [0.3, 0.4) is 0 Å². The van der Waals surface area contributed by atoms with Crippen LogP contribution in [0.4, 0.5) is 0 Å². The SMILES string of the molecule is CC1CC(OC(=O)c2ccccc2)(c2ccccc2)C(C)(C[N+](C)(C)C)C[N+]1(C)C. The molecule has 0 aliphatic carbocycles. The van der Waals surface area contributed by atoms with Gasteiger partial charge in [0.1, 0.15) is 5.41 Å². The fourth-order valence-electron chi connectivity index (χ4n) is 5.51. The molecule has 0 amide bonds. The summed E-state index contributed by atoms with van der Waals surface area (Å²) in [6, 6.07) is 20.1. The van der Waals surface area contributed by atoms with Gasteiger partial charge in [0.15, 0.2) is 5.60 Å².